The largest absolute Gasteiger partial charge is 0.438 e. The van der Waals surface area contributed by atoms with Gasteiger partial charge in [0, 0.05) is 17.3 Å². The quantitative estimate of drug-likeness (QED) is 0.888. The fraction of sp³-hybridized carbons (Fsp3) is 0.167. The Bertz CT molecular complexity index is 534. The first-order chi connectivity index (χ1) is 8.06. The number of rotatable bonds is 2. The molecule has 0 bridgehead atoms. The first-order valence-corrected chi connectivity index (χ1v) is 5.47. The lowest BCUT2D eigenvalue weighted by atomic mass is 10.1. The molecular formula is C12H12ClN3O. The van der Waals surface area contributed by atoms with Gasteiger partial charge in [-0.2, -0.15) is 4.98 Å². The van der Waals surface area contributed by atoms with Gasteiger partial charge in [-0.3, -0.25) is 0 Å². The summed E-state index contributed by atoms with van der Waals surface area (Å²) in [6, 6.07) is 5.34. The molecule has 0 atom stereocenters. The van der Waals surface area contributed by atoms with Crippen molar-refractivity contribution in [1.29, 1.82) is 0 Å². The number of aryl methyl sites for hydroxylation is 2. The number of benzene rings is 1. The fourth-order valence-corrected chi connectivity index (χ4v) is 1.90. The summed E-state index contributed by atoms with van der Waals surface area (Å²) in [6.07, 6.45) is 1.55. The molecule has 0 saturated heterocycles. The van der Waals surface area contributed by atoms with E-state index in [0.717, 1.165) is 16.9 Å². The highest BCUT2D eigenvalue weighted by Crippen LogP contribution is 2.30. The molecule has 0 unspecified atom stereocenters. The Balaban J connectivity index is 2.36. The zero-order chi connectivity index (χ0) is 12.4. The predicted octanol–water partition coefficient (Wildman–Crippen LogP) is 3.12. The number of nitrogens with zero attached hydrogens (tertiary/aromatic N) is 2. The van der Waals surface area contributed by atoms with Crippen LogP contribution in [0, 0.1) is 13.8 Å². The van der Waals surface area contributed by atoms with Gasteiger partial charge in [0.05, 0.1) is 0 Å². The van der Waals surface area contributed by atoms with Gasteiger partial charge in [-0.05, 0) is 37.1 Å². The van der Waals surface area contributed by atoms with E-state index in [2.05, 4.69) is 9.97 Å². The zero-order valence-corrected chi connectivity index (χ0v) is 10.3. The predicted molar refractivity (Wildman–Crippen MR) is 67.4 cm³/mol. The molecule has 0 amide bonds. The van der Waals surface area contributed by atoms with Gasteiger partial charge in [-0.25, -0.2) is 4.98 Å². The monoisotopic (exact) mass is 249 g/mol. The van der Waals surface area contributed by atoms with Crippen LogP contribution < -0.4 is 10.5 Å². The average molecular weight is 250 g/mol. The molecule has 0 saturated carbocycles. The summed E-state index contributed by atoms with van der Waals surface area (Å²) in [4.78, 5) is 7.79. The number of ether oxygens (including phenoxy) is 1. The molecule has 0 aliphatic rings. The first kappa shape index (κ1) is 11.7. The maximum absolute atomic E-state index is 5.95. The summed E-state index contributed by atoms with van der Waals surface area (Å²) >= 11 is 5.95. The highest BCUT2D eigenvalue weighted by atomic mass is 35.5. The van der Waals surface area contributed by atoms with E-state index in [-0.39, 0.29) is 5.95 Å². The summed E-state index contributed by atoms with van der Waals surface area (Å²) in [6.45, 7) is 3.86. The molecule has 0 radical (unpaired) electrons. The molecule has 1 heterocycles. The van der Waals surface area contributed by atoms with Gasteiger partial charge in [0.15, 0.2) is 0 Å². The van der Waals surface area contributed by atoms with Crippen molar-refractivity contribution in [2.75, 3.05) is 5.73 Å². The van der Waals surface area contributed by atoms with Crippen molar-refractivity contribution in [3.63, 3.8) is 0 Å². The average Bonchev–Trinajstić information content (AvgIpc) is 2.23. The minimum Gasteiger partial charge on any atom is -0.438 e. The summed E-state index contributed by atoms with van der Waals surface area (Å²) < 4.78 is 5.69. The van der Waals surface area contributed by atoms with Crippen LogP contribution in [0.4, 0.5) is 5.95 Å². The van der Waals surface area contributed by atoms with Crippen LogP contribution in [0.15, 0.2) is 24.4 Å². The molecule has 88 valence electrons. The number of hydrogen-bond donors (Lipinski definition) is 1. The Kier molecular flexibility index (Phi) is 3.15. The van der Waals surface area contributed by atoms with Crippen LogP contribution >= 0.6 is 11.6 Å². The number of aromatic nitrogens is 2. The Labute approximate surface area is 104 Å². The lowest BCUT2D eigenvalue weighted by molar-refractivity contribution is 0.455. The molecule has 5 heteroatoms. The van der Waals surface area contributed by atoms with Gasteiger partial charge in [0.25, 0.3) is 0 Å². The molecule has 1 aromatic carbocycles. The van der Waals surface area contributed by atoms with Crippen molar-refractivity contribution < 1.29 is 4.74 Å². The topological polar surface area (TPSA) is 61.0 Å². The van der Waals surface area contributed by atoms with E-state index in [1.807, 2.05) is 26.0 Å². The minimum atomic E-state index is 0.187. The lowest BCUT2D eigenvalue weighted by Gasteiger charge is -2.11. The van der Waals surface area contributed by atoms with Crippen LogP contribution in [0.3, 0.4) is 0 Å². The number of nitrogen functional groups attached to an aromatic ring is 1. The molecule has 1 aromatic heterocycles. The summed E-state index contributed by atoms with van der Waals surface area (Å²) in [5.41, 5.74) is 7.39. The number of anilines is 1. The number of halogens is 1. The van der Waals surface area contributed by atoms with Crippen molar-refractivity contribution in [2.45, 2.75) is 13.8 Å². The molecule has 2 aromatic rings. The van der Waals surface area contributed by atoms with Crippen LogP contribution in [0.2, 0.25) is 5.02 Å². The third-order valence-corrected chi connectivity index (χ3v) is 2.50. The second-order valence-electron chi connectivity index (χ2n) is 3.72. The van der Waals surface area contributed by atoms with Crippen molar-refractivity contribution >= 4 is 17.5 Å². The van der Waals surface area contributed by atoms with Crippen molar-refractivity contribution in [2.24, 2.45) is 0 Å². The van der Waals surface area contributed by atoms with Crippen molar-refractivity contribution in [3.8, 4) is 11.6 Å². The molecule has 0 aliphatic carbocycles. The van der Waals surface area contributed by atoms with E-state index >= 15 is 0 Å². The lowest BCUT2D eigenvalue weighted by Crippen LogP contribution is -1.98. The van der Waals surface area contributed by atoms with Gasteiger partial charge in [0.1, 0.15) is 5.75 Å². The Morgan fingerprint density at radius 2 is 1.88 bits per heavy atom. The normalized spacial score (nSPS) is 10.3. The maximum atomic E-state index is 5.95. The maximum Gasteiger partial charge on any atom is 0.224 e. The fourth-order valence-electron chi connectivity index (χ4n) is 1.58. The second-order valence-corrected chi connectivity index (χ2v) is 4.16. The van der Waals surface area contributed by atoms with E-state index in [0.29, 0.717) is 10.9 Å². The summed E-state index contributed by atoms with van der Waals surface area (Å²) in [5.74, 6) is 1.35. The van der Waals surface area contributed by atoms with Gasteiger partial charge < -0.3 is 10.5 Å². The summed E-state index contributed by atoms with van der Waals surface area (Å²) in [7, 11) is 0. The molecule has 0 aliphatic heterocycles. The smallest absolute Gasteiger partial charge is 0.224 e. The first-order valence-electron chi connectivity index (χ1n) is 5.09. The highest BCUT2D eigenvalue weighted by Gasteiger charge is 2.08. The molecule has 17 heavy (non-hydrogen) atoms. The van der Waals surface area contributed by atoms with E-state index in [4.69, 9.17) is 22.1 Å². The minimum absolute atomic E-state index is 0.187. The van der Waals surface area contributed by atoms with Gasteiger partial charge in [0.2, 0.25) is 11.8 Å². The standard InChI is InChI=1S/C12H12ClN3O/c1-7-5-9(13)6-8(2)11(7)17-10-3-4-15-12(14)16-10/h3-6H,1-2H3,(H2,14,15,16). The van der Waals surface area contributed by atoms with Gasteiger partial charge in [-0.15, -0.1) is 0 Å². The Morgan fingerprint density at radius 3 is 2.47 bits per heavy atom. The van der Waals surface area contributed by atoms with Crippen LogP contribution in [0.5, 0.6) is 11.6 Å². The van der Waals surface area contributed by atoms with Gasteiger partial charge in [-0.1, -0.05) is 11.6 Å². The molecule has 2 N–H and O–H groups in total. The van der Waals surface area contributed by atoms with Gasteiger partial charge >= 0.3 is 0 Å². The van der Waals surface area contributed by atoms with E-state index in [1.54, 1.807) is 12.3 Å². The van der Waals surface area contributed by atoms with E-state index < -0.39 is 0 Å². The zero-order valence-electron chi connectivity index (χ0n) is 9.57. The van der Waals surface area contributed by atoms with Crippen molar-refractivity contribution in [3.05, 3.63) is 40.5 Å². The molecule has 4 nitrogen and oxygen atoms in total. The Morgan fingerprint density at radius 1 is 1.24 bits per heavy atom. The van der Waals surface area contributed by atoms with Crippen LogP contribution in [-0.2, 0) is 0 Å². The third-order valence-electron chi connectivity index (χ3n) is 2.28. The molecule has 0 spiro atoms. The molecule has 2 rings (SSSR count). The van der Waals surface area contributed by atoms with E-state index in [1.165, 1.54) is 0 Å². The van der Waals surface area contributed by atoms with Crippen LogP contribution in [0.1, 0.15) is 11.1 Å². The SMILES string of the molecule is Cc1cc(Cl)cc(C)c1Oc1ccnc(N)n1. The Hall–Kier alpha value is -1.81. The third kappa shape index (κ3) is 2.65. The van der Waals surface area contributed by atoms with Crippen LogP contribution in [-0.4, -0.2) is 9.97 Å². The van der Waals surface area contributed by atoms with E-state index in [9.17, 15) is 0 Å². The summed E-state index contributed by atoms with van der Waals surface area (Å²) in [5, 5.41) is 0.689. The highest BCUT2D eigenvalue weighted by molar-refractivity contribution is 6.30. The second kappa shape index (κ2) is 4.59. The number of nitrogens with two attached hydrogens (primary N) is 1. The van der Waals surface area contributed by atoms with Crippen molar-refractivity contribution in [1.82, 2.24) is 9.97 Å². The molecule has 0 fully saturated rings. The number of hydrogen-bond acceptors (Lipinski definition) is 4. The molecular weight excluding hydrogens is 238 g/mol. The van der Waals surface area contributed by atoms with Crippen LogP contribution in [0.25, 0.3) is 0 Å².